The molecule has 0 aromatic heterocycles. The molecular formula is C20H22ClNO3. The molecule has 1 heterocycles. The molecule has 132 valence electrons. The summed E-state index contributed by atoms with van der Waals surface area (Å²) in [4.78, 5) is 14.3. The number of amides is 1. The van der Waals surface area contributed by atoms with Gasteiger partial charge in [-0.05, 0) is 36.2 Å². The molecule has 2 aromatic carbocycles. The maximum atomic E-state index is 12.4. The molecule has 1 fully saturated rings. The maximum absolute atomic E-state index is 12.4. The fraction of sp³-hybridized carbons (Fsp3) is 0.350. The van der Waals surface area contributed by atoms with Crippen molar-refractivity contribution in [2.24, 2.45) is 0 Å². The minimum atomic E-state index is -0.0875. The Hall–Kier alpha value is -2.04. The van der Waals surface area contributed by atoms with Crippen LogP contribution in [0.1, 0.15) is 24.5 Å². The van der Waals surface area contributed by atoms with E-state index in [1.807, 2.05) is 59.5 Å². The first kappa shape index (κ1) is 17.8. The van der Waals surface area contributed by atoms with E-state index >= 15 is 0 Å². The molecular weight excluding hydrogens is 338 g/mol. The SMILES string of the molecule is O=C(CCCOc1ccccc1)N1CCOC(c2ccc(Cl)cc2)C1. The van der Waals surface area contributed by atoms with E-state index in [0.29, 0.717) is 44.2 Å². The van der Waals surface area contributed by atoms with Crippen LogP contribution in [0, 0.1) is 0 Å². The fourth-order valence-corrected chi connectivity index (χ4v) is 2.97. The number of halogens is 1. The van der Waals surface area contributed by atoms with Gasteiger partial charge in [0, 0.05) is 18.0 Å². The maximum Gasteiger partial charge on any atom is 0.222 e. The van der Waals surface area contributed by atoms with Crippen LogP contribution in [0.3, 0.4) is 0 Å². The summed E-state index contributed by atoms with van der Waals surface area (Å²) in [6, 6.07) is 17.3. The summed E-state index contributed by atoms with van der Waals surface area (Å²) in [6.45, 7) is 2.32. The Kier molecular flexibility index (Phi) is 6.31. The second kappa shape index (κ2) is 8.88. The van der Waals surface area contributed by atoms with Crippen LogP contribution in [0.4, 0.5) is 0 Å². The molecule has 3 rings (SSSR count). The van der Waals surface area contributed by atoms with Gasteiger partial charge in [0.15, 0.2) is 0 Å². The van der Waals surface area contributed by atoms with E-state index in [2.05, 4.69) is 0 Å². The van der Waals surface area contributed by atoms with Crippen LogP contribution in [0.15, 0.2) is 54.6 Å². The quantitative estimate of drug-likeness (QED) is 0.729. The molecule has 25 heavy (non-hydrogen) atoms. The highest BCUT2D eigenvalue weighted by Gasteiger charge is 2.25. The van der Waals surface area contributed by atoms with E-state index in [1.165, 1.54) is 0 Å². The normalized spacial score (nSPS) is 17.3. The number of carbonyl (C=O) groups is 1. The molecule has 0 N–H and O–H groups in total. The first-order valence-electron chi connectivity index (χ1n) is 8.55. The lowest BCUT2D eigenvalue weighted by molar-refractivity contribution is -0.139. The first-order chi connectivity index (χ1) is 12.2. The van der Waals surface area contributed by atoms with Gasteiger partial charge in [-0.2, -0.15) is 0 Å². The van der Waals surface area contributed by atoms with Crippen molar-refractivity contribution < 1.29 is 14.3 Å². The van der Waals surface area contributed by atoms with Gasteiger partial charge in [-0.1, -0.05) is 41.9 Å². The molecule has 1 aliphatic rings. The van der Waals surface area contributed by atoms with Gasteiger partial charge < -0.3 is 14.4 Å². The van der Waals surface area contributed by atoms with Crippen LogP contribution in [0.5, 0.6) is 5.75 Å². The minimum Gasteiger partial charge on any atom is -0.494 e. The van der Waals surface area contributed by atoms with Crippen molar-refractivity contribution in [1.82, 2.24) is 4.90 Å². The highest BCUT2D eigenvalue weighted by Crippen LogP contribution is 2.24. The van der Waals surface area contributed by atoms with Gasteiger partial charge >= 0.3 is 0 Å². The molecule has 0 aliphatic carbocycles. The Labute approximate surface area is 153 Å². The summed E-state index contributed by atoms with van der Waals surface area (Å²) in [7, 11) is 0. The number of hydrogen-bond donors (Lipinski definition) is 0. The lowest BCUT2D eigenvalue weighted by Crippen LogP contribution is -2.42. The van der Waals surface area contributed by atoms with Crippen LogP contribution in [0.2, 0.25) is 5.02 Å². The number of ether oxygens (including phenoxy) is 2. The van der Waals surface area contributed by atoms with Crippen molar-refractivity contribution in [2.45, 2.75) is 18.9 Å². The topological polar surface area (TPSA) is 38.8 Å². The minimum absolute atomic E-state index is 0.0875. The molecule has 1 unspecified atom stereocenters. The first-order valence-corrected chi connectivity index (χ1v) is 8.93. The molecule has 1 saturated heterocycles. The summed E-state index contributed by atoms with van der Waals surface area (Å²) < 4.78 is 11.4. The Morgan fingerprint density at radius 1 is 1.16 bits per heavy atom. The molecule has 0 bridgehead atoms. The molecule has 1 aliphatic heterocycles. The standard InChI is InChI=1S/C20H22ClNO3/c21-17-10-8-16(9-11-17)19-15-22(12-14-25-19)20(23)7-4-13-24-18-5-2-1-3-6-18/h1-3,5-6,8-11,19H,4,7,12-15H2. The van der Waals surface area contributed by atoms with E-state index < -0.39 is 0 Å². The zero-order valence-corrected chi connectivity index (χ0v) is 14.8. The molecule has 0 saturated carbocycles. The predicted molar refractivity (Wildman–Crippen MR) is 97.9 cm³/mol. The van der Waals surface area contributed by atoms with Crippen molar-refractivity contribution in [3.05, 3.63) is 65.2 Å². The van der Waals surface area contributed by atoms with Gasteiger partial charge in [-0.3, -0.25) is 4.79 Å². The highest BCUT2D eigenvalue weighted by atomic mass is 35.5. The van der Waals surface area contributed by atoms with Crippen molar-refractivity contribution in [2.75, 3.05) is 26.3 Å². The van der Waals surface area contributed by atoms with Gasteiger partial charge in [0.05, 0.1) is 19.8 Å². The summed E-state index contributed by atoms with van der Waals surface area (Å²) in [6.07, 6.45) is 1.10. The number of nitrogens with zero attached hydrogens (tertiary/aromatic N) is 1. The molecule has 1 atom stereocenters. The van der Waals surface area contributed by atoms with E-state index in [1.54, 1.807) is 0 Å². The third-order valence-corrected chi connectivity index (χ3v) is 4.46. The number of hydrogen-bond acceptors (Lipinski definition) is 3. The monoisotopic (exact) mass is 359 g/mol. The van der Waals surface area contributed by atoms with Crippen LogP contribution in [-0.2, 0) is 9.53 Å². The number of para-hydroxylation sites is 1. The van der Waals surface area contributed by atoms with Crippen molar-refractivity contribution >= 4 is 17.5 Å². The van der Waals surface area contributed by atoms with Crippen molar-refractivity contribution in [3.8, 4) is 5.75 Å². The number of benzene rings is 2. The van der Waals surface area contributed by atoms with Crippen LogP contribution in [0.25, 0.3) is 0 Å². The summed E-state index contributed by atoms with van der Waals surface area (Å²) in [5, 5.41) is 0.700. The lowest BCUT2D eigenvalue weighted by atomic mass is 10.1. The van der Waals surface area contributed by atoms with Gasteiger partial charge in [0.2, 0.25) is 5.91 Å². The molecule has 0 radical (unpaired) electrons. The highest BCUT2D eigenvalue weighted by molar-refractivity contribution is 6.30. The number of rotatable bonds is 6. The van der Waals surface area contributed by atoms with E-state index in [0.717, 1.165) is 11.3 Å². The summed E-state index contributed by atoms with van der Waals surface area (Å²) in [5.41, 5.74) is 1.05. The van der Waals surface area contributed by atoms with Gasteiger partial charge in [-0.15, -0.1) is 0 Å². The van der Waals surface area contributed by atoms with Crippen LogP contribution in [-0.4, -0.2) is 37.1 Å². The van der Waals surface area contributed by atoms with E-state index in [9.17, 15) is 4.79 Å². The van der Waals surface area contributed by atoms with Gasteiger partial charge in [0.25, 0.3) is 0 Å². The zero-order chi connectivity index (χ0) is 17.5. The number of morpholine rings is 1. The summed E-state index contributed by atoms with van der Waals surface area (Å²) in [5.74, 6) is 0.989. The van der Waals surface area contributed by atoms with Crippen LogP contribution >= 0.6 is 11.6 Å². The van der Waals surface area contributed by atoms with Crippen molar-refractivity contribution in [3.63, 3.8) is 0 Å². The van der Waals surface area contributed by atoms with Crippen molar-refractivity contribution in [1.29, 1.82) is 0 Å². The smallest absolute Gasteiger partial charge is 0.222 e. The molecule has 5 heteroatoms. The zero-order valence-electron chi connectivity index (χ0n) is 14.1. The largest absolute Gasteiger partial charge is 0.494 e. The van der Waals surface area contributed by atoms with Crippen LogP contribution < -0.4 is 4.74 Å². The fourth-order valence-electron chi connectivity index (χ4n) is 2.84. The molecule has 1 amide bonds. The van der Waals surface area contributed by atoms with E-state index in [-0.39, 0.29) is 12.0 Å². The lowest BCUT2D eigenvalue weighted by Gasteiger charge is -2.33. The average molecular weight is 360 g/mol. The predicted octanol–water partition coefficient (Wildman–Crippen LogP) is 4.10. The molecule has 0 spiro atoms. The second-order valence-electron chi connectivity index (χ2n) is 6.02. The second-order valence-corrected chi connectivity index (χ2v) is 6.45. The molecule has 2 aromatic rings. The third-order valence-electron chi connectivity index (χ3n) is 4.21. The van der Waals surface area contributed by atoms with Gasteiger partial charge in [0.1, 0.15) is 11.9 Å². The Bertz CT molecular complexity index is 675. The van der Waals surface area contributed by atoms with Gasteiger partial charge in [-0.25, -0.2) is 0 Å². The van der Waals surface area contributed by atoms with E-state index in [4.69, 9.17) is 21.1 Å². The average Bonchev–Trinajstić information content (AvgIpc) is 2.66. The summed E-state index contributed by atoms with van der Waals surface area (Å²) >= 11 is 5.93. The third kappa shape index (κ3) is 5.21. The number of carbonyl (C=O) groups excluding carboxylic acids is 1. The Morgan fingerprint density at radius 2 is 1.92 bits per heavy atom. The Morgan fingerprint density at radius 3 is 2.68 bits per heavy atom. The molecule has 4 nitrogen and oxygen atoms in total. The Balaban J connectivity index is 1.44.